The van der Waals surface area contributed by atoms with Gasteiger partial charge in [0.05, 0.1) is 32.0 Å². The SMILES string of the molecule is CCOC(=O)[C@H]1CCCCN1CC(=O)N1N=C(c2ccccc2OC)C[C@@H]1c1ccc(C)cc1. The zero-order chi connectivity index (χ0) is 24.1. The Labute approximate surface area is 201 Å². The van der Waals surface area contributed by atoms with Crippen LogP contribution < -0.4 is 4.74 Å². The number of ether oxygens (including phenoxy) is 2. The van der Waals surface area contributed by atoms with Crippen LogP contribution in [0.4, 0.5) is 0 Å². The van der Waals surface area contributed by atoms with Crippen LogP contribution in [0.25, 0.3) is 0 Å². The van der Waals surface area contributed by atoms with Crippen LogP contribution >= 0.6 is 0 Å². The molecule has 0 saturated carbocycles. The molecular formula is C27H33N3O4. The largest absolute Gasteiger partial charge is 0.496 e. The fourth-order valence-corrected chi connectivity index (χ4v) is 4.77. The van der Waals surface area contributed by atoms with Gasteiger partial charge in [-0.2, -0.15) is 5.10 Å². The van der Waals surface area contributed by atoms with Gasteiger partial charge in [0.15, 0.2) is 0 Å². The normalized spacial score (nSPS) is 20.7. The maximum atomic E-state index is 13.6. The summed E-state index contributed by atoms with van der Waals surface area (Å²) in [7, 11) is 1.64. The van der Waals surface area contributed by atoms with Gasteiger partial charge >= 0.3 is 5.97 Å². The predicted octanol–water partition coefficient (Wildman–Crippen LogP) is 4.10. The molecule has 0 aromatic heterocycles. The molecule has 1 fully saturated rings. The van der Waals surface area contributed by atoms with Crippen LogP contribution in [0.1, 0.15) is 55.3 Å². The van der Waals surface area contributed by atoms with Crippen molar-refractivity contribution >= 4 is 17.6 Å². The number of aryl methyl sites for hydroxylation is 1. The molecule has 0 N–H and O–H groups in total. The Morgan fingerprint density at radius 1 is 1.09 bits per heavy atom. The lowest BCUT2D eigenvalue weighted by Gasteiger charge is -2.34. The second-order valence-electron chi connectivity index (χ2n) is 8.85. The summed E-state index contributed by atoms with van der Waals surface area (Å²) >= 11 is 0. The van der Waals surface area contributed by atoms with Gasteiger partial charge in [0.1, 0.15) is 11.8 Å². The average molecular weight is 464 g/mol. The van der Waals surface area contributed by atoms with Gasteiger partial charge in [0, 0.05) is 12.0 Å². The maximum absolute atomic E-state index is 13.6. The number of nitrogens with zero attached hydrogens (tertiary/aromatic N) is 3. The van der Waals surface area contributed by atoms with E-state index in [1.165, 1.54) is 0 Å². The number of hydrogen-bond donors (Lipinski definition) is 0. The summed E-state index contributed by atoms with van der Waals surface area (Å²) in [6.07, 6.45) is 3.22. The first kappa shape index (κ1) is 24.0. The van der Waals surface area contributed by atoms with E-state index in [1.54, 1.807) is 19.0 Å². The fourth-order valence-electron chi connectivity index (χ4n) is 4.77. The minimum atomic E-state index is -0.379. The van der Waals surface area contributed by atoms with Crippen molar-refractivity contribution in [2.45, 2.75) is 51.6 Å². The third kappa shape index (κ3) is 5.14. The first-order valence-corrected chi connectivity index (χ1v) is 12.0. The molecule has 0 aliphatic carbocycles. The monoisotopic (exact) mass is 463 g/mol. The van der Waals surface area contributed by atoms with E-state index in [0.29, 0.717) is 26.0 Å². The second kappa shape index (κ2) is 10.8. The molecule has 2 aliphatic heterocycles. The Kier molecular flexibility index (Phi) is 7.63. The number of carbonyl (C=O) groups excluding carboxylic acids is 2. The summed E-state index contributed by atoms with van der Waals surface area (Å²) < 4.78 is 10.8. The zero-order valence-electron chi connectivity index (χ0n) is 20.2. The topological polar surface area (TPSA) is 71.4 Å². The van der Waals surface area contributed by atoms with Gasteiger partial charge in [-0.3, -0.25) is 14.5 Å². The van der Waals surface area contributed by atoms with E-state index >= 15 is 0 Å². The van der Waals surface area contributed by atoms with Gasteiger partial charge in [0.2, 0.25) is 0 Å². The van der Waals surface area contributed by atoms with Gasteiger partial charge in [-0.15, -0.1) is 0 Å². The van der Waals surface area contributed by atoms with Crippen LogP contribution in [0, 0.1) is 6.92 Å². The minimum absolute atomic E-state index is 0.119. The number of benzene rings is 2. The minimum Gasteiger partial charge on any atom is -0.496 e. The molecule has 2 aromatic carbocycles. The maximum Gasteiger partial charge on any atom is 0.323 e. The molecule has 2 atom stereocenters. The van der Waals surface area contributed by atoms with E-state index < -0.39 is 0 Å². The summed E-state index contributed by atoms with van der Waals surface area (Å²) in [5.41, 5.74) is 3.90. The fraction of sp³-hybridized carbons (Fsp3) is 0.444. The van der Waals surface area contributed by atoms with Crippen molar-refractivity contribution in [2.24, 2.45) is 5.10 Å². The highest BCUT2D eigenvalue weighted by atomic mass is 16.5. The number of rotatable bonds is 7. The summed E-state index contributed by atoms with van der Waals surface area (Å²) in [5.74, 6) is 0.369. The van der Waals surface area contributed by atoms with Crippen LogP contribution in [0.2, 0.25) is 0 Å². The lowest BCUT2D eigenvalue weighted by Crippen LogP contribution is -2.49. The number of carbonyl (C=O) groups is 2. The van der Waals surface area contributed by atoms with Crippen LogP contribution in [-0.2, 0) is 14.3 Å². The molecule has 0 bridgehead atoms. The highest BCUT2D eigenvalue weighted by Crippen LogP contribution is 2.35. The molecular weight excluding hydrogens is 430 g/mol. The van der Waals surface area contributed by atoms with Crippen molar-refractivity contribution in [3.63, 3.8) is 0 Å². The first-order chi connectivity index (χ1) is 16.5. The second-order valence-corrected chi connectivity index (χ2v) is 8.85. The van der Waals surface area contributed by atoms with Crippen molar-refractivity contribution in [3.8, 4) is 5.75 Å². The van der Waals surface area contributed by atoms with E-state index in [9.17, 15) is 9.59 Å². The Morgan fingerprint density at radius 3 is 2.59 bits per heavy atom. The lowest BCUT2D eigenvalue weighted by molar-refractivity contribution is -0.152. The quantitative estimate of drug-likeness (QED) is 0.578. The lowest BCUT2D eigenvalue weighted by atomic mass is 9.97. The zero-order valence-corrected chi connectivity index (χ0v) is 20.2. The molecule has 7 nitrogen and oxygen atoms in total. The van der Waals surface area contributed by atoms with Crippen LogP contribution in [0.5, 0.6) is 5.75 Å². The van der Waals surface area contributed by atoms with Gasteiger partial charge in [-0.05, 0) is 50.9 Å². The number of piperidine rings is 1. The molecule has 7 heteroatoms. The predicted molar refractivity (Wildman–Crippen MR) is 131 cm³/mol. The van der Waals surface area contributed by atoms with E-state index in [1.807, 2.05) is 36.1 Å². The summed E-state index contributed by atoms with van der Waals surface area (Å²) in [5, 5.41) is 6.40. The van der Waals surface area contributed by atoms with Gasteiger partial charge < -0.3 is 9.47 Å². The average Bonchev–Trinajstić information content (AvgIpc) is 3.30. The molecule has 1 saturated heterocycles. The summed E-state index contributed by atoms with van der Waals surface area (Å²) in [6, 6.07) is 15.4. The molecule has 34 heavy (non-hydrogen) atoms. The number of para-hydroxylation sites is 1. The van der Waals surface area contributed by atoms with Crippen molar-refractivity contribution in [1.82, 2.24) is 9.91 Å². The molecule has 0 radical (unpaired) electrons. The number of amides is 1. The van der Waals surface area contributed by atoms with Crippen LogP contribution in [0.3, 0.4) is 0 Å². The van der Waals surface area contributed by atoms with Crippen molar-refractivity contribution in [3.05, 3.63) is 65.2 Å². The van der Waals surface area contributed by atoms with Crippen molar-refractivity contribution in [1.29, 1.82) is 0 Å². The van der Waals surface area contributed by atoms with E-state index in [0.717, 1.165) is 41.0 Å². The molecule has 2 aromatic rings. The smallest absolute Gasteiger partial charge is 0.323 e. The molecule has 180 valence electrons. The highest BCUT2D eigenvalue weighted by molar-refractivity contribution is 6.05. The van der Waals surface area contributed by atoms with Gasteiger partial charge in [-0.25, -0.2) is 5.01 Å². The molecule has 4 rings (SSSR count). The summed E-state index contributed by atoms with van der Waals surface area (Å²) in [4.78, 5) is 28.1. The van der Waals surface area contributed by atoms with E-state index in [-0.39, 0.29) is 30.5 Å². The number of hydrazone groups is 1. The Hall–Kier alpha value is -3.19. The Balaban J connectivity index is 1.62. The van der Waals surface area contributed by atoms with E-state index in [2.05, 4.69) is 24.3 Å². The van der Waals surface area contributed by atoms with Crippen molar-refractivity contribution < 1.29 is 19.1 Å². The number of methoxy groups -OCH3 is 1. The highest BCUT2D eigenvalue weighted by Gasteiger charge is 2.37. The van der Waals surface area contributed by atoms with Crippen LogP contribution in [-0.4, -0.2) is 60.3 Å². The number of likely N-dealkylation sites (tertiary alicyclic amines) is 1. The molecule has 0 unspecified atom stereocenters. The molecule has 0 spiro atoms. The van der Waals surface area contributed by atoms with Gasteiger partial charge in [-0.1, -0.05) is 48.4 Å². The third-order valence-electron chi connectivity index (χ3n) is 6.56. The Morgan fingerprint density at radius 2 is 1.85 bits per heavy atom. The molecule has 2 aliphatic rings. The molecule has 1 amide bonds. The standard InChI is InChI=1S/C27H33N3O4/c1-4-34-27(32)23-10-7-8-16-29(23)18-26(31)30-24(20-14-12-19(2)13-15-20)17-22(28-30)21-9-5-6-11-25(21)33-3/h5-6,9,11-15,23-24H,4,7-8,10,16-18H2,1-3H3/t23-,24-/m1/s1. The van der Waals surface area contributed by atoms with E-state index in [4.69, 9.17) is 14.6 Å². The molecule has 2 heterocycles. The Bertz CT molecular complexity index is 1050. The van der Waals surface area contributed by atoms with Crippen LogP contribution in [0.15, 0.2) is 53.6 Å². The summed E-state index contributed by atoms with van der Waals surface area (Å²) in [6.45, 7) is 5.02. The number of hydrogen-bond acceptors (Lipinski definition) is 6. The third-order valence-corrected chi connectivity index (χ3v) is 6.56. The number of esters is 1. The first-order valence-electron chi connectivity index (χ1n) is 12.0. The van der Waals surface area contributed by atoms with Crippen molar-refractivity contribution in [2.75, 3.05) is 26.8 Å². The van der Waals surface area contributed by atoms with Gasteiger partial charge in [0.25, 0.3) is 5.91 Å².